The van der Waals surface area contributed by atoms with Crippen LogP contribution in [0.5, 0.6) is 11.5 Å². The molecule has 33 heavy (non-hydrogen) atoms. The number of carbonyl (C=O) groups is 1. The lowest BCUT2D eigenvalue weighted by molar-refractivity contribution is -0.354. The maximum atomic E-state index is 12.0. The Morgan fingerprint density at radius 3 is 2.45 bits per heavy atom. The van der Waals surface area contributed by atoms with E-state index in [0.717, 1.165) is 5.56 Å². The van der Waals surface area contributed by atoms with E-state index < -0.39 is 43.0 Å². The monoisotopic (exact) mass is 456 g/mol. The lowest BCUT2D eigenvalue weighted by Gasteiger charge is -2.48. The predicted molar refractivity (Wildman–Crippen MR) is 118 cm³/mol. The molecule has 176 valence electrons. The number of carbonyl (C=O) groups excluding carboxylic acids is 1. The third-order valence-corrected chi connectivity index (χ3v) is 5.38. The van der Waals surface area contributed by atoms with Crippen LogP contribution in [0.3, 0.4) is 0 Å². The summed E-state index contributed by atoms with van der Waals surface area (Å²) in [6, 6.07) is 16.6. The fourth-order valence-corrected chi connectivity index (χ4v) is 3.90. The molecule has 0 aromatic heterocycles. The van der Waals surface area contributed by atoms with Gasteiger partial charge in [-0.1, -0.05) is 36.4 Å². The van der Waals surface area contributed by atoms with Gasteiger partial charge in [-0.2, -0.15) is 0 Å². The van der Waals surface area contributed by atoms with Gasteiger partial charge in [-0.15, -0.1) is 6.58 Å². The second kappa shape index (κ2) is 10.8. The van der Waals surface area contributed by atoms with Crippen molar-refractivity contribution in [2.75, 3.05) is 20.3 Å². The first-order valence-electron chi connectivity index (χ1n) is 10.8. The van der Waals surface area contributed by atoms with Crippen LogP contribution in [0.4, 0.5) is 0 Å². The van der Waals surface area contributed by atoms with E-state index in [-0.39, 0.29) is 13.2 Å². The molecule has 2 fully saturated rings. The molecule has 0 radical (unpaired) electrons. The summed E-state index contributed by atoms with van der Waals surface area (Å²) in [7, 11) is 1.59. The van der Waals surface area contributed by atoms with Crippen molar-refractivity contribution >= 4 is 5.97 Å². The second-order valence-electron chi connectivity index (χ2n) is 7.67. The normalized spacial score (nSPS) is 28.9. The summed E-state index contributed by atoms with van der Waals surface area (Å²) in [4.78, 5) is 12.0. The van der Waals surface area contributed by atoms with Gasteiger partial charge in [0.1, 0.15) is 29.8 Å². The van der Waals surface area contributed by atoms with Crippen molar-refractivity contribution < 1.29 is 38.0 Å². The first-order chi connectivity index (χ1) is 16.1. The second-order valence-corrected chi connectivity index (χ2v) is 7.67. The quantitative estimate of drug-likeness (QED) is 0.442. The summed E-state index contributed by atoms with van der Waals surface area (Å²) in [6.45, 7) is 5.55. The number of hydrogen-bond acceptors (Lipinski definition) is 8. The number of ether oxygens (including phenoxy) is 7. The van der Waals surface area contributed by atoms with Crippen LogP contribution >= 0.6 is 0 Å². The van der Waals surface area contributed by atoms with Crippen molar-refractivity contribution in [3.63, 3.8) is 0 Å². The molecule has 0 aliphatic carbocycles. The van der Waals surface area contributed by atoms with E-state index in [9.17, 15) is 4.79 Å². The first kappa shape index (κ1) is 23.3. The Balaban J connectivity index is 1.59. The Hall–Kier alpha value is -2.91. The van der Waals surface area contributed by atoms with Gasteiger partial charge in [-0.25, -0.2) is 0 Å². The maximum Gasteiger partial charge on any atom is 0.303 e. The van der Waals surface area contributed by atoms with Crippen LogP contribution in [-0.4, -0.2) is 57.0 Å². The molecule has 2 aliphatic heterocycles. The Labute approximate surface area is 192 Å². The van der Waals surface area contributed by atoms with Crippen molar-refractivity contribution in [1.29, 1.82) is 0 Å². The molecule has 0 N–H and O–H groups in total. The van der Waals surface area contributed by atoms with E-state index >= 15 is 0 Å². The number of benzene rings is 2. The Kier molecular flexibility index (Phi) is 7.61. The van der Waals surface area contributed by atoms with Gasteiger partial charge in [0.2, 0.25) is 6.29 Å². The van der Waals surface area contributed by atoms with Crippen LogP contribution in [0.25, 0.3) is 0 Å². The molecule has 2 heterocycles. The van der Waals surface area contributed by atoms with Gasteiger partial charge >= 0.3 is 5.97 Å². The number of hydrogen-bond donors (Lipinski definition) is 0. The van der Waals surface area contributed by atoms with Gasteiger partial charge in [-0.3, -0.25) is 4.79 Å². The van der Waals surface area contributed by atoms with E-state index in [2.05, 4.69) is 6.58 Å². The van der Waals surface area contributed by atoms with Crippen molar-refractivity contribution in [1.82, 2.24) is 0 Å². The van der Waals surface area contributed by atoms with Gasteiger partial charge in [-0.05, 0) is 24.3 Å². The summed E-state index contributed by atoms with van der Waals surface area (Å²) in [5, 5.41) is 0. The van der Waals surface area contributed by atoms with Gasteiger partial charge in [0, 0.05) is 12.5 Å². The highest BCUT2D eigenvalue weighted by Crippen LogP contribution is 2.37. The SMILES string of the molecule is C=CCO[C@@H]1[C@@H](OC(C)=O)[C@H](Oc2ccc(OC)cc2)O[C@@H]2CO[C@H](c3ccccc3)O[C@@H]12. The van der Waals surface area contributed by atoms with Crippen molar-refractivity contribution in [2.45, 2.75) is 43.9 Å². The van der Waals surface area contributed by atoms with E-state index in [0.29, 0.717) is 11.5 Å². The fraction of sp³-hybridized carbons (Fsp3) is 0.400. The molecule has 2 aromatic rings. The van der Waals surface area contributed by atoms with Gasteiger partial charge in [0.05, 0.1) is 20.3 Å². The molecular weight excluding hydrogens is 428 g/mol. The summed E-state index contributed by atoms with van der Waals surface area (Å²) in [6.07, 6.45) is -2.48. The Morgan fingerprint density at radius 1 is 1.06 bits per heavy atom. The highest BCUT2D eigenvalue weighted by Gasteiger charge is 2.53. The molecule has 2 aromatic carbocycles. The molecule has 2 aliphatic rings. The summed E-state index contributed by atoms with van der Waals surface area (Å²) >= 11 is 0. The Morgan fingerprint density at radius 2 is 1.79 bits per heavy atom. The molecule has 0 saturated carbocycles. The molecule has 0 spiro atoms. The van der Waals surface area contributed by atoms with Crippen LogP contribution in [0.15, 0.2) is 67.3 Å². The third kappa shape index (κ3) is 5.54. The van der Waals surface area contributed by atoms with Crippen molar-refractivity contribution in [3.05, 3.63) is 72.8 Å². The van der Waals surface area contributed by atoms with Crippen molar-refractivity contribution in [3.8, 4) is 11.5 Å². The van der Waals surface area contributed by atoms with Crippen molar-refractivity contribution in [2.24, 2.45) is 0 Å². The molecule has 0 bridgehead atoms. The lowest BCUT2D eigenvalue weighted by atomic mass is 9.97. The van der Waals surface area contributed by atoms with E-state index in [1.54, 1.807) is 37.5 Å². The molecule has 0 unspecified atom stereocenters. The minimum Gasteiger partial charge on any atom is -0.497 e. The molecule has 0 amide bonds. The van der Waals surface area contributed by atoms with Crippen LogP contribution in [0.1, 0.15) is 18.8 Å². The van der Waals surface area contributed by atoms with Crippen LogP contribution < -0.4 is 9.47 Å². The standard InChI is InChI=1S/C25H28O8/c1-4-14-28-22-21-20(15-29-24(33-21)17-8-6-5-7-9-17)32-25(23(22)30-16(2)26)31-19-12-10-18(27-3)11-13-19/h4-13,20-25H,1,14-15H2,2-3H3/t20-,21-,22+,23-,24+,25-/m1/s1. The van der Waals surface area contributed by atoms with Crippen LogP contribution in [0.2, 0.25) is 0 Å². The van der Waals surface area contributed by atoms with Crippen LogP contribution in [-0.2, 0) is 28.5 Å². The zero-order valence-electron chi connectivity index (χ0n) is 18.6. The summed E-state index contributed by atoms with van der Waals surface area (Å²) in [5.74, 6) is 0.736. The molecular formula is C25H28O8. The molecule has 2 saturated heterocycles. The highest BCUT2D eigenvalue weighted by atomic mass is 16.8. The minimum absolute atomic E-state index is 0.237. The predicted octanol–water partition coefficient (Wildman–Crippen LogP) is 3.42. The maximum absolute atomic E-state index is 12.0. The molecule has 8 heteroatoms. The third-order valence-electron chi connectivity index (χ3n) is 5.38. The number of rotatable bonds is 8. The number of fused-ring (bicyclic) bond motifs is 1. The average molecular weight is 456 g/mol. The number of methoxy groups -OCH3 is 1. The minimum atomic E-state index is -0.932. The molecule has 6 atom stereocenters. The summed E-state index contributed by atoms with van der Waals surface area (Å²) < 4.78 is 41.3. The van der Waals surface area contributed by atoms with Gasteiger partial charge < -0.3 is 33.2 Å². The average Bonchev–Trinajstić information content (AvgIpc) is 2.84. The fourth-order valence-electron chi connectivity index (χ4n) is 3.90. The lowest BCUT2D eigenvalue weighted by Crippen LogP contribution is -2.64. The molecule has 8 nitrogen and oxygen atoms in total. The van der Waals surface area contributed by atoms with E-state index in [1.807, 2.05) is 30.3 Å². The Bertz CT molecular complexity index is 916. The van der Waals surface area contributed by atoms with Gasteiger partial charge in [0.15, 0.2) is 12.4 Å². The summed E-state index contributed by atoms with van der Waals surface area (Å²) in [5.41, 5.74) is 0.874. The molecule has 4 rings (SSSR count). The van der Waals surface area contributed by atoms with E-state index in [1.165, 1.54) is 6.92 Å². The van der Waals surface area contributed by atoms with Gasteiger partial charge in [0.25, 0.3) is 0 Å². The zero-order chi connectivity index (χ0) is 23.2. The first-order valence-corrected chi connectivity index (χ1v) is 10.8. The number of esters is 1. The largest absolute Gasteiger partial charge is 0.497 e. The topological polar surface area (TPSA) is 81.7 Å². The smallest absolute Gasteiger partial charge is 0.303 e. The zero-order valence-corrected chi connectivity index (χ0v) is 18.6. The van der Waals surface area contributed by atoms with Crippen LogP contribution in [0, 0.1) is 0 Å². The van der Waals surface area contributed by atoms with E-state index in [4.69, 9.17) is 33.2 Å². The highest BCUT2D eigenvalue weighted by molar-refractivity contribution is 5.66.